The van der Waals surface area contributed by atoms with E-state index < -0.39 is 0 Å². The van der Waals surface area contributed by atoms with Gasteiger partial charge in [0.15, 0.2) is 0 Å². The van der Waals surface area contributed by atoms with Gasteiger partial charge in [-0.25, -0.2) is 0 Å². The average Bonchev–Trinajstić information content (AvgIpc) is 2.17. The van der Waals surface area contributed by atoms with Crippen LogP contribution in [0.3, 0.4) is 0 Å². The van der Waals surface area contributed by atoms with E-state index in [1.165, 1.54) is 15.3 Å². The summed E-state index contributed by atoms with van der Waals surface area (Å²) >= 11 is 1.82. The molecule has 1 nitrogen and oxygen atoms in total. The molecule has 2 heteroatoms. The topological polar surface area (TPSA) is 26.0 Å². The lowest BCUT2D eigenvalue weighted by Gasteiger charge is -1.92. The minimum absolute atomic E-state index is 1.00. The number of nitrogen functional groups attached to an aromatic ring is 1. The van der Waals surface area contributed by atoms with Gasteiger partial charge in [0.1, 0.15) is 0 Å². The zero-order valence-corrected chi connectivity index (χ0v) is 7.51. The molecule has 1 rings (SSSR count). The Kier molecular flexibility index (Phi) is 2.00. The number of hydrogen-bond acceptors (Lipinski definition) is 2. The van der Waals surface area contributed by atoms with Crippen molar-refractivity contribution in [1.29, 1.82) is 0 Å². The molecule has 0 fully saturated rings. The predicted molar refractivity (Wildman–Crippen MR) is 47.6 cm³/mol. The van der Waals surface area contributed by atoms with E-state index in [0.29, 0.717) is 0 Å². The van der Waals surface area contributed by atoms with Gasteiger partial charge < -0.3 is 5.73 Å². The molecule has 56 valence electrons. The van der Waals surface area contributed by atoms with Crippen molar-refractivity contribution in [2.75, 3.05) is 5.73 Å². The third-order valence-corrected chi connectivity index (χ3v) is 3.20. The molecule has 1 heterocycles. The Morgan fingerprint density at radius 1 is 1.40 bits per heavy atom. The van der Waals surface area contributed by atoms with E-state index >= 15 is 0 Å². The smallest absolute Gasteiger partial charge is 0.0487 e. The van der Waals surface area contributed by atoms with Crippen LogP contribution in [0.2, 0.25) is 0 Å². The summed E-state index contributed by atoms with van der Waals surface area (Å²) in [5.41, 5.74) is 8.09. The predicted octanol–water partition coefficient (Wildman–Crippen LogP) is 2.51. The minimum atomic E-state index is 1.00. The third-order valence-electron chi connectivity index (χ3n) is 1.83. The Morgan fingerprint density at radius 3 is 2.20 bits per heavy atom. The van der Waals surface area contributed by atoms with Crippen LogP contribution < -0.4 is 5.73 Å². The number of nitrogens with two attached hydrogens (primary N) is 1. The Balaban J connectivity index is 3.17. The van der Waals surface area contributed by atoms with Gasteiger partial charge in [0.2, 0.25) is 0 Å². The van der Waals surface area contributed by atoms with Crippen molar-refractivity contribution in [1.82, 2.24) is 0 Å². The SMILES string of the molecule is CCc1sc(C)c(C)c1N. The molecule has 0 saturated carbocycles. The summed E-state index contributed by atoms with van der Waals surface area (Å²) in [4.78, 5) is 2.68. The minimum Gasteiger partial charge on any atom is -0.398 e. The normalized spacial score (nSPS) is 10.3. The zero-order valence-electron chi connectivity index (χ0n) is 6.69. The van der Waals surface area contributed by atoms with Gasteiger partial charge in [0, 0.05) is 15.4 Å². The summed E-state index contributed by atoms with van der Waals surface area (Å²) in [6.45, 7) is 6.34. The summed E-state index contributed by atoms with van der Waals surface area (Å²) in [6.07, 6.45) is 1.06. The Hall–Kier alpha value is -0.500. The molecule has 2 N–H and O–H groups in total. The standard InChI is InChI=1S/C8H13NS/c1-4-7-8(9)5(2)6(3)10-7/h4,9H2,1-3H3. The van der Waals surface area contributed by atoms with Crippen molar-refractivity contribution in [2.24, 2.45) is 0 Å². The molecule has 0 aromatic carbocycles. The Labute approximate surface area is 65.9 Å². The van der Waals surface area contributed by atoms with Gasteiger partial charge in [-0.3, -0.25) is 0 Å². The first-order valence-corrected chi connectivity index (χ1v) is 4.32. The van der Waals surface area contributed by atoms with Crippen LogP contribution in [-0.4, -0.2) is 0 Å². The van der Waals surface area contributed by atoms with Gasteiger partial charge in [0.25, 0.3) is 0 Å². The number of anilines is 1. The van der Waals surface area contributed by atoms with E-state index in [2.05, 4.69) is 20.8 Å². The molecule has 0 spiro atoms. The molecule has 0 amide bonds. The first kappa shape index (κ1) is 7.61. The lowest BCUT2D eigenvalue weighted by Crippen LogP contribution is -1.88. The number of rotatable bonds is 1. The number of aryl methyl sites for hydroxylation is 2. The molecule has 10 heavy (non-hydrogen) atoms. The van der Waals surface area contributed by atoms with Crippen LogP contribution in [0, 0.1) is 13.8 Å². The second-order valence-corrected chi connectivity index (χ2v) is 3.78. The monoisotopic (exact) mass is 155 g/mol. The highest BCUT2D eigenvalue weighted by atomic mass is 32.1. The molecule has 1 aromatic rings. The first-order valence-electron chi connectivity index (χ1n) is 3.51. The van der Waals surface area contributed by atoms with Crippen LogP contribution in [0.1, 0.15) is 22.2 Å². The fraction of sp³-hybridized carbons (Fsp3) is 0.500. The van der Waals surface area contributed by atoms with E-state index in [-0.39, 0.29) is 0 Å². The molecule has 1 aromatic heterocycles. The molecule has 0 aliphatic heterocycles. The molecule has 0 aliphatic carbocycles. The lowest BCUT2D eigenvalue weighted by molar-refractivity contribution is 1.19. The molecule has 0 radical (unpaired) electrons. The van der Waals surface area contributed by atoms with Crippen LogP contribution in [-0.2, 0) is 6.42 Å². The molecular formula is C8H13NS. The van der Waals surface area contributed by atoms with E-state index in [9.17, 15) is 0 Å². The summed E-state index contributed by atoms with van der Waals surface area (Å²) in [6, 6.07) is 0. The van der Waals surface area contributed by atoms with Crippen molar-refractivity contribution in [3.05, 3.63) is 15.3 Å². The highest BCUT2D eigenvalue weighted by Crippen LogP contribution is 2.29. The van der Waals surface area contributed by atoms with Crippen LogP contribution in [0.25, 0.3) is 0 Å². The Morgan fingerprint density at radius 2 is 2.00 bits per heavy atom. The van der Waals surface area contributed by atoms with Gasteiger partial charge in [0.05, 0.1) is 0 Å². The van der Waals surface area contributed by atoms with Gasteiger partial charge in [-0.15, -0.1) is 11.3 Å². The van der Waals surface area contributed by atoms with Gasteiger partial charge in [-0.1, -0.05) is 6.92 Å². The van der Waals surface area contributed by atoms with E-state index in [1.807, 2.05) is 11.3 Å². The van der Waals surface area contributed by atoms with Crippen molar-refractivity contribution in [3.8, 4) is 0 Å². The van der Waals surface area contributed by atoms with Crippen molar-refractivity contribution >= 4 is 17.0 Å². The maximum Gasteiger partial charge on any atom is 0.0487 e. The Bertz CT molecular complexity index is 238. The van der Waals surface area contributed by atoms with Crippen molar-refractivity contribution in [2.45, 2.75) is 27.2 Å². The summed E-state index contributed by atoms with van der Waals surface area (Å²) in [5.74, 6) is 0. The maximum atomic E-state index is 5.82. The highest BCUT2D eigenvalue weighted by molar-refractivity contribution is 7.12. The molecule has 0 unspecified atom stereocenters. The molecule has 0 bridgehead atoms. The number of thiophene rings is 1. The van der Waals surface area contributed by atoms with Crippen molar-refractivity contribution in [3.63, 3.8) is 0 Å². The second-order valence-electron chi connectivity index (χ2n) is 2.47. The maximum absolute atomic E-state index is 5.82. The van der Waals surface area contributed by atoms with Gasteiger partial charge in [-0.05, 0) is 25.8 Å². The number of hydrogen-bond donors (Lipinski definition) is 1. The summed E-state index contributed by atoms with van der Waals surface area (Å²) in [7, 11) is 0. The molecule has 0 aliphatic rings. The molecule has 0 atom stereocenters. The molecular weight excluding hydrogens is 142 g/mol. The third kappa shape index (κ3) is 1.03. The van der Waals surface area contributed by atoms with Crippen LogP contribution in [0.15, 0.2) is 0 Å². The fourth-order valence-electron chi connectivity index (χ4n) is 0.978. The fourth-order valence-corrected chi connectivity index (χ4v) is 2.02. The van der Waals surface area contributed by atoms with Crippen molar-refractivity contribution < 1.29 is 0 Å². The van der Waals surface area contributed by atoms with Crippen LogP contribution >= 0.6 is 11.3 Å². The van der Waals surface area contributed by atoms with Gasteiger partial charge >= 0.3 is 0 Å². The zero-order chi connectivity index (χ0) is 7.72. The highest BCUT2D eigenvalue weighted by Gasteiger charge is 2.05. The summed E-state index contributed by atoms with van der Waals surface area (Å²) in [5, 5.41) is 0. The van der Waals surface area contributed by atoms with Gasteiger partial charge in [-0.2, -0.15) is 0 Å². The van der Waals surface area contributed by atoms with E-state index in [0.717, 1.165) is 12.1 Å². The second kappa shape index (κ2) is 2.62. The van der Waals surface area contributed by atoms with Crippen LogP contribution in [0.5, 0.6) is 0 Å². The quantitative estimate of drug-likeness (QED) is 0.662. The van der Waals surface area contributed by atoms with E-state index in [4.69, 9.17) is 5.73 Å². The summed E-state index contributed by atoms with van der Waals surface area (Å²) < 4.78 is 0. The largest absolute Gasteiger partial charge is 0.398 e. The molecule has 0 saturated heterocycles. The first-order chi connectivity index (χ1) is 4.66. The van der Waals surface area contributed by atoms with E-state index in [1.54, 1.807) is 0 Å². The van der Waals surface area contributed by atoms with Crippen LogP contribution in [0.4, 0.5) is 5.69 Å². The lowest BCUT2D eigenvalue weighted by atomic mass is 10.2. The average molecular weight is 155 g/mol.